The molecular weight excluding hydrogens is 289 g/mol. The lowest BCUT2D eigenvalue weighted by Gasteiger charge is -2.08. The standard InChI is InChI=1S/C18H12BNO3/c1-20-15-4-2-13-9-16(5-3-12(13)8-15)23-17-6-7-18-14(10-17)11-22-19(18)21/h2-10,21H,11H2. The lowest BCUT2D eigenvalue weighted by Crippen LogP contribution is -2.27. The van der Waals surface area contributed by atoms with Crippen molar-refractivity contribution < 1.29 is 14.4 Å². The summed E-state index contributed by atoms with van der Waals surface area (Å²) in [4.78, 5) is 3.44. The van der Waals surface area contributed by atoms with E-state index in [4.69, 9.17) is 16.0 Å². The first-order chi connectivity index (χ1) is 11.2. The van der Waals surface area contributed by atoms with Crippen LogP contribution in [0.3, 0.4) is 0 Å². The molecular formula is C18H12BNO3. The van der Waals surface area contributed by atoms with Crippen LogP contribution in [0.15, 0.2) is 54.6 Å². The maximum Gasteiger partial charge on any atom is 0.491 e. The van der Waals surface area contributed by atoms with Crippen molar-refractivity contribution in [3.8, 4) is 11.5 Å². The molecule has 4 rings (SSSR count). The highest BCUT2D eigenvalue weighted by molar-refractivity contribution is 6.61. The SMILES string of the molecule is [C-]#[N+]c1ccc2cc(Oc3ccc4c(c3)COB4O)ccc2c1. The zero-order valence-electron chi connectivity index (χ0n) is 12.2. The Morgan fingerprint density at radius 2 is 1.74 bits per heavy atom. The number of ether oxygens (including phenoxy) is 1. The molecule has 0 amide bonds. The van der Waals surface area contributed by atoms with Gasteiger partial charge < -0.3 is 14.4 Å². The van der Waals surface area contributed by atoms with Crippen molar-refractivity contribution in [3.05, 3.63) is 71.6 Å². The summed E-state index contributed by atoms with van der Waals surface area (Å²) in [5.74, 6) is 1.44. The van der Waals surface area contributed by atoms with Crippen molar-refractivity contribution in [2.24, 2.45) is 0 Å². The van der Waals surface area contributed by atoms with Crippen LogP contribution in [-0.4, -0.2) is 12.1 Å². The second-order valence-corrected chi connectivity index (χ2v) is 5.43. The molecule has 0 saturated carbocycles. The fourth-order valence-electron chi connectivity index (χ4n) is 2.75. The van der Waals surface area contributed by atoms with E-state index in [1.165, 1.54) is 0 Å². The monoisotopic (exact) mass is 301 g/mol. The summed E-state index contributed by atoms with van der Waals surface area (Å²) in [5, 5.41) is 11.7. The van der Waals surface area contributed by atoms with Gasteiger partial charge in [-0.25, -0.2) is 4.85 Å². The number of benzene rings is 3. The second-order valence-electron chi connectivity index (χ2n) is 5.43. The van der Waals surface area contributed by atoms with Crippen LogP contribution < -0.4 is 10.2 Å². The highest BCUT2D eigenvalue weighted by Crippen LogP contribution is 2.28. The average molecular weight is 301 g/mol. The van der Waals surface area contributed by atoms with Gasteiger partial charge in [0.1, 0.15) is 11.5 Å². The number of rotatable bonds is 2. The topological polar surface area (TPSA) is 43.0 Å². The van der Waals surface area contributed by atoms with Crippen molar-refractivity contribution in [1.29, 1.82) is 0 Å². The third-order valence-corrected chi connectivity index (χ3v) is 3.94. The third kappa shape index (κ3) is 2.55. The van der Waals surface area contributed by atoms with Crippen LogP contribution in [0.4, 0.5) is 5.69 Å². The largest absolute Gasteiger partial charge is 0.491 e. The summed E-state index contributed by atoms with van der Waals surface area (Å²) < 4.78 is 11.1. The van der Waals surface area contributed by atoms with E-state index in [9.17, 15) is 5.02 Å². The van der Waals surface area contributed by atoms with E-state index in [-0.39, 0.29) is 0 Å². The Bertz CT molecular complexity index is 949. The van der Waals surface area contributed by atoms with Gasteiger partial charge in [0.05, 0.1) is 13.2 Å². The van der Waals surface area contributed by atoms with E-state index < -0.39 is 7.12 Å². The zero-order valence-corrected chi connectivity index (χ0v) is 12.2. The van der Waals surface area contributed by atoms with Gasteiger partial charge >= 0.3 is 7.12 Å². The normalized spacial score (nSPS) is 13.0. The number of hydrogen-bond donors (Lipinski definition) is 1. The van der Waals surface area contributed by atoms with E-state index in [2.05, 4.69) is 4.85 Å². The Hall–Kier alpha value is -2.81. The fourth-order valence-corrected chi connectivity index (χ4v) is 2.75. The van der Waals surface area contributed by atoms with Crippen LogP contribution in [0, 0.1) is 6.57 Å². The van der Waals surface area contributed by atoms with Gasteiger partial charge in [0.25, 0.3) is 0 Å². The number of hydrogen-bond acceptors (Lipinski definition) is 3. The second kappa shape index (κ2) is 5.43. The van der Waals surface area contributed by atoms with E-state index in [0.717, 1.165) is 27.5 Å². The molecule has 1 N–H and O–H groups in total. The molecule has 5 heteroatoms. The first-order valence-corrected chi connectivity index (χ1v) is 7.24. The molecule has 1 aliphatic rings. The molecule has 0 saturated heterocycles. The maximum atomic E-state index is 9.64. The highest BCUT2D eigenvalue weighted by Gasteiger charge is 2.27. The van der Waals surface area contributed by atoms with Crippen molar-refractivity contribution in [2.45, 2.75) is 6.61 Å². The predicted octanol–water partition coefficient (Wildman–Crippen LogP) is 3.40. The Labute approximate surface area is 133 Å². The van der Waals surface area contributed by atoms with Gasteiger partial charge in [-0.3, -0.25) is 0 Å². The van der Waals surface area contributed by atoms with Crippen LogP contribution in [0.1, 0.15) is 5.56 Å². The van der Waals surface area contributed by atoms with Gasteiger partial charge in [0, 0.05) is 0 Å². The van der Waals surface area contributed by atoms with Crippen LogP contribution in [0.5, 0.6) is 11.5 Å². The molecule has 1 heterocycles. The molecule has 0 atom stereocenters. The minimum Gasteiger partial charge on any atom is -0.457 e. The van der Waals surface area contributed by atoms with Crippen molar-refractivity contribution in [2.75, 3.05) is 0 Å². The molecule has 0 aliphatic carbocycles. The summed E-state index contributed by atoms with van der Waals surface area (Å²) >= 11 is 0. The third-order valence-electron chi connectivity index (χ3n) is 3.94. The molecule has 1 aliphatic heterocycles. The van der Waals surface area contributed by atoms with E-state index >= 15 is 0 Å². The molecule has 4 nitrogen and oxygen atoms in total. The molecule has 0 spiro atoms. The zero-order chi connectivity index (χ0) is 15.8. The lowest BCUT2D eigenvalue weighted by atomic mass is 9.80. The van der Waals surface area contributed by atoms with Gasteiger partial charge in [0.2, 0.25) is 0 Å². The quantitative estimate of drug-likeness (QED) is 0.583. The van der Waals surface area contributed by atoms with E-state index in [0.29, 0.717) is 18.0 Å². The van der Waals surface area contributed by atoms with Gasteiger partial charge in [0.15, 0.2) is 5.69 Å². The van der Waals surface area contributed by atoms with Gasteiger partial charge in [-0.15, -0.1) is 0 Å². The van der Waals surface area contributed by atoms with Crippen molar-refractivity contribution in [1.82, 2.24) is 0 Å². The maximum absolute atomic E-state index is 9.64. The average Bonchev–Trinajstić information content (AvgIpc) is 2.95. The summed E-state index contributed by atoms with van der Waals surface area (Å²) in [6.07, 6.45) is 0. The number of nitrogens with zero attached hydrogens (tertiary/aromatic N) is 1. The lowest BCUT2D eigenvalue weighted by molar-refractivity contribution is 0.275. The van der Waals surface area contributed by atoms with Crippen LogP contribution in [0.2, 0.25) is 0 Å². The number of fused-ring (bicyclic) bond motifs is 2. The van der Waals surface area contributed by atoms with Crippen LogP contribution >= 0.6 is 0 Å². The van der Waals surface area contributed by atoms with Gasteiger partial charge in [-0.1, -0.05) is 24.3 Å². The summed E-state index contributed by atoms with van der Waals surface area (Å²) in [6, 6.07) is 16.9. The Balaban J connectivity index is 1.64. The molecule has 3 aromatic rings. The predicted molar refractivity (Wildman–Crippen MR) is 89.1 cm³/mol. The molecule has 0 aromatic heterocycles. The Kier molecular flexibility index (Phi) is 3.27. The fraction of sp³-hybridized carbons (Fsp3) is 0.0556. The first kappa shape index (κ1) is 13.8. The van der Waals surface area contributed by atoms with Crippen LogP contribution in [-0.2, 0) is 11.3 Å². The summed E-state index contributed by atoms with van der Waals surface area (Å²) in [6.45, 7) is 7.45. The van der Waals surface area contributed by atoms with E-state index in [1.807, 2.05) is 48.5 Å². The molecule has 0 radical (unpaired) electrons. The van der Waals surface area contributed by atoms with Crippen molar-refractivity contribution in [3.63, 3.8) is 0 Å². The van der Waals surface area contributed by atoms with E-state index in [1.54, 1.807) is 6.07 Å². The molecule has 0 bridgehead atoms. The van der Waals surface area contributed by atoms with Gasteiger partial charge in [-0.2, -0.15) is 0 Å². The van der Waals surface area contributed by atoms with Crippen molar-refractivity contribution >= 4 is 29.0 Å². The smallest absolute Gasteiger partial charge is 0.457 e. The molecule has 23 heavy (non-hydrogen) atoms. The Morgan fingerprint density at radius 1 is 1.00 bits per heavy atom. The first-order valence-electron chi connectivity index (χ1n) is 7.24. The molecule has 110 valence electrons. The summed E-state index contributed by atoms with van der Waals surface area (Å²) in [7, 11) is -0.837. The minimum absolute atomic E-state index is 0.394. The summed E-state index contributed by atoms with van der Waals surface area (Å²) in [5.41, 5.74) is 2.36. The molecule has 0 unspecified atom stereocenters. The molecule has 3 aromatic carbocycles. The minimum atomic E-state index is -0.837. The van der Waals surface area contributed by atoms with Gasteiger partial charge in [-0.05, 0) is 52.1 Å². The molecule has 0 fully saturated rings. The van der Waals surface area contributed by atoms with Crippen LogP contribution in [0.25, 0.3) is 15.6 Å². The highest BCUT2D eigenvalue weighted by atomic mass is 16.5. The Morgan fingerprint density at radius 3 is 2.61 bits per heavy atom.